The summed E-state index contributed by atoms with van der Waals surface area (Å²) in [6, 6.07) is 11.3. The fourth-order valence-corrected chi connectivity index (χ4v) is 2.89. The zero-order valence-corrected chi connectivity index (χ0v) is 18.4. The van der Waals surface area contributed by atoms with Crippen molar-refractivity contribution in [2.45, 2.75) is 34.2 Å². The maximum Gasteiger partial charge on any atom is 0.322 e. The number of anilines is 1. The number of pyridine rings is 1. The number of hydrogen-bond donors (Lipinski definition) is 3. The number of aromatic nitrogens is 1. The fraction of sp³-hybridized carbons (Fsp3) is 0.435. The number of hydrogen-bond acceptors (Lipinski definition) is 5. The van der Waals surface area contributed by atoms with Crippen molar-refractivity contribution >= 4 is 11.8 Å². The van der Waals surface area contributed by atoms with Crippen LogP contribution in [0.3, 0.4) is 0 Å². The Morgan fingerprint density at radius 1 is 1.27 bits per heavy atom. The van der Waals surface area contributed by atoms with Gasteiger partial charge in [0.1, 0.15) is 5.82 Å². The molecule has 0 bridgehead atoms. The molecule has 0 aliphatic heterocycles. The molecule has 1 heterocycles. The molecular formula is C23H31N5O2. The molecule has 0 fully saturated rings. The maximum absolute atomic E-state index is 12.6. The quantitative estimate of drug-likeness (QED) is 0.610. The van der Waals surface area contributed by atoms with Gasteiger partial charge < -0.3 is 15.7 Å². The molecule has 2 aromatic rings. The molecular weight excluding hydrogens is 378 g/mol. The SMILES string of the molecule is Cc1ccc(-c2cc(CNCCO)ccc2C#N)nc1N(C)C(=O)NCC(C)(C)C. The lowest BCUT2D eigenvalue weighted by Crippen LogP contribution is -2.41. The Kier molecular flexibility index (Phi) is 7.93. The van der Waals surface area contributed by atoms with Crippen LogP contribution in [0.15, 0.2) is 30.3 Å². The van der Waals surface area contributed by atoms with Crippen LogP contribution in [0.2, 0.25) is 0 Å². The number of rotatable bonds is 7. The number of urea groups is 1. The summed E-state index contributed by atoms with van der Waals surface area (Å²) in [5.74, 6) is 0.548. The number of nitrogens with one attached hydrogen (secondary N) is 2. The van der Waals surface area contributed by atoms with Gasteiger partial charge in [0.2, 0.25) is 0 Å². The second-order valence-corrected chi connectivity index (χ2v) is 8.51. The van der Waals surface area contributed by atoms with E-state index in [0.29, 0.717) is 42.3 Å². The van der Waals surface area contributed by atoms with E-state index in [1.54, 1.807) is 13.1 Å². The molecule has 160 valence electrons. The third kappa shape index (κ3) is 6.28. The molecule has 0 aliphatic rings. The van der Waals surface area contributed by atoms with Gasteiger partial charge in [0.05, 0.1) is 23.9 Å². The average molecular weight is 410 g/mol. The molecule has 0 atom stereocenters. The molecule has 2 rings (SSSR count). The highest BCUT2D eigenvalue weighted by Crippen LogP contribution is 2.27. The van der Waals surface area contributed by atoms with Gasteiger partial charge in [0.25, 0.3) is 0 Å². The normalized spacial score (nSPS) is 11.1. The first kappa shape index (κ1) is 23.3. The lowest BCUT2D eigenvalue weighted by Gasteiger charge is -2.24. The summed E-state index contributed by atoms with van der Waals surface area (Å²) < 4.78 is 0. The van der Waals surface area contributed by atoms with Crippen molar-refractivity contribution in [1.29, 1.82) is 5.26 Å². The Balaban J connectivity index is 2.35. The van der Waals surface area contributed by atoms with Gasteiger partial charge in [-0.25, -0.2) is 9.78 Å². The number of carbonyl (C=O) groups is 1. The van der Waals surface area contributed by atoms with Gasteiger partial charge in [0.15, 0.2) is 0 Å². The molecule has 0 spiro atoms. The third-order valence-electron chi connectivity index (χ3n) is 4.56. The minimum Gasteiger partial charge on any atom is -0.395 e. The predicted molar refractivity (Wildman–Crippen MR) is 119 cm³/mol. The summed E-state index contributed by atoms with van der Waals surface area (Å²) in [5, 5.41) is 24.6. The zero-order chi connectivity index (χ0) is 22.3. The van der Waals surface area contributed by atoms with E-state index in [-0.39, 0.29) is 18.1 Å². The molecule has 1 aromatic heterocycles. The Hall–Kier alpha value is -2.95. The van der Waals surface area contributed by atoms with E-state index in [2.05, 4.69) is 37.5 Å². The topological polar surface area (TPSA) is 101 Å². The highest BCUT2D eigenvalue weighted by Gasteiger charge is 2.19. The second kappa shape index (κ2) is 10.2. The number of nitriles is 1. The van der Waals surface area contributed by atoms with Crippen molar-refractivity contribution < 1.29 is 9.90 Å². The predicted octanol–water partition coefficient (Wildman–Crippen LogP) is 3.20. The highest BCUT2D eigenvalue weighted by molar-refractivity contribution is 5.91. The number of carbonyl (C=O) groups excluding carboxylic acids is 1. The summed E-state index contributed by atoms with van der Waals surface area (Å²) >= 11 is 0. The maximum atomic E-state index is 12.6. The van der Waals surface area contributed by atoms with Gasteiger partial charge in [-0.05, 0) is 41.7 Å². The first-order valence-corrected chi connectivity index (χ1v) is 10.0. The largest absolute Gasteiger partial charge is 0.395 e. The molecule has 0 saturated carbocycles. The highest BCUT2D eigenvalue weighted by atomic mass is 16.3. The standard InChI is InChI=1S/C23H31N5O2/c1-16-6-9-20(27-21(16)28(5)22(30)26-15-23(2,3)4)19-12-17(14-25-10-11-29)7-8-18(19)13-24/h6-9,12,25,29H,10-11,14-15H2,1-5H3,(H,26,30). The van der Waals surface area contributed by atoms with Gasteiger partial charge in [-0.3, -0.25) is 4.90 Å². The fourth-order valence-electron chi connectivity index (χ4n) is 2.89. The smallest absolute Gasteiger partial charge is 0.322 e. The van der Waals surface area contributed by atoms with Crippen LogP contribution >= 0.6 is 0 Å². The molecule has 0 saturated heterocycles. The summed E-state index contributed by atoms with van der Waals surface area (Å²) in [5.41, 5.74) is 3.69. The van der Waals surface area contributed by atoms with Gasteiger partial charge in [-0.1, -0.05) is 32.9 Å². The Morgan fingerprint density at radius 2 is 2.00 bits per heavy atom. The van der Waals surface area contributed by atoms with Gasteiger partial charge >= 0.3 is 6.03 Å². The van der Waals surface area contributed by atoms with Gasteiger partial charge in [0, 0.05) is 32.2 Å². The molecule has 3 N–H and O–H groups in total. The van der Waals surface area contributed by atoms with E-state index in [9.17, 15) is 10.1 Å². The van der Waals surface area contributed by atoms with Crippen LogP contribution in [0.25, 0.3) is 11.3 Å². The molecule has 0 unspecified atom stereocenters. The van der Waals surface area contributed by atoms with Crippen molar-refractivity contribution in [2.75, 3.05) is 31.6 Å². The van der Waals surface area contributed by atoms with E-state index in [1.165, 1.54) is 4.90 Å². The number of nitrogens with zero attached hydrogens (tertiary/aromatic N) is 3. The van der Waals surface area contributed by atoms with Crippen molar-refractivity contribution in [3.05, 3.63) is 47.0 Å². The van der Waals surface area contributed by atoms with Gasteiger partial charge in [-0.2, -0.15) is 5.26 Å². The first-order valence-electron chi connectivity index (χ1n) is 10.0. The van der Waals surface area contributed by atoms with Crippen molar-refractivity contribution in [3.63, 3.8) is 0 Å². The Labute approximate surface area is 178 Å². The summed E-state index contributed by atoms with van der Waals surface area (Å²) in [6.45, 7) is 9.77. The minimum absolute atomic E-state index is 0.0208. The summed E-state index contributed by atoms with van der Waals surface area (Å²) in [7, 11) is 1.69. The van der Waals surface area contributed by atoms with Crippen LogP contribution in [-0.2, 0) is 6.54 Å². The van der Waals surface area contributed by atoms with E-state index in [4.69, 9.17) is 10.1 Å². The lowest BCUT2D eigenvalue weighted by molar-refractivity contribution is 0.242. The molecule has 2 amide bonds. The molecule has 0 aliphatic carbocycles. The Bertz CT molecular complexity index is 928. The van der Waals surface area contributed by atoms with E-state index < -0.39 is 0 Å². The molecule has 0 radical (unpaired) electrons. The summed E-state index contributed by atoms with van der Waals surface area (Å²) in [6.07, 6.45) is 0. The molecule has 7 nitrogen and oxygen atoms in total. The number of aryl methyl sites for hydroxylation is 1. The number of aliphatic hydroxyl groups is 1. The van der Waals surface area contributed by atoms with Crippen molar-refractivity contribution in [2.24, 2.45) is 5.41 Å². The van der Waals surface area contributed by atoms with E-state index in [1.807, 2.05) is 31.2 Å². The Morgan fingerprint density at radius 3 is 2.63 bits per heavy atom. The van der Waals surface area contributed by atoms with E-state index in [0.717, 1.165) is 11.1 Å². The third-order valence-corrected chi connectivity index (χ3v) is 4.56. The van der Waals surface area contributed by atoms with E-state index >= 15 is 0 Å². The number of aliphatic hydroxyl groups excluding tert-OH is 1. The minimum atomic E-state index is -0.222. The van der Waals surface area contributed by atoms with Crippen molar-refractivity contribution in [3.8, 4) is 17.3 Å². The van der Waals surface area contributed by atoms with Crippen LogP contribution < -0.4 is 15.5 Å². The van der Waals surface area contributed by atoms with Crippen LogP contribution in [0, 0.1) is 23.7 Å². The van der Waals surface area contributed by atoms with Crippen LogP contribution in [-0.4, -0.2) is 42.9 Å². The van der Waals surface area contributed by atoms with Crippen molar-refractivity contribution in [1.82, 2.24) is 15.6 Å². The molecule has 7 heteroatoms. The lowest BCUT2D eigenvalue weighted by atomic mass is 9.97. The molecule has 1 aromatic carbocycles. The zero-order valence-electron chi connectivity index (χ0n) is 18.4. The van der Waals surface area contributed by atoms with Crippen LogP contribution in [0.4, 0.5) is 10.6 Å². The number of benzene rings is 1. The van der Waals surface area contributed by atoms with Crippen LogP contribution in [0.1, 0.15) is 37.5 Å². The average Bonchev–Trinajstić information content (AvgIpc) is 2.71. The number of amides is 2. The monoisotopic (exact) mass is 409 g/mol. The first-order chi connectivity index (χ1) is 14.2. The molecule has 30 heavy (non-hydrogen) atoms. The summed E-state index contributed by atoms with van der Waals surface area (Å²) in [4.78, 5) is 18.8. The van der Waals surface area contributed by atoms with Gasteiger partial charge in [-0.15, -0.1) is 0 Å². The second-order valence-electron chi connectivity index (χ2n) is 8.51. The van der Waals surface area contributed by atoms with Crippen LogP contribution in [0.5, 0.6) is 0 Å².